The zero-order chi connectivity index (χ0) is 13.5. The molecule has 2 aliphatic heterocycles. The summed E-state index contributed by atoms with van der Waals surface area (Å²) in [6.45, 7) is 6.87. The van der Waals surface area contributed by atoms with Crippen LogP contribution in [0.1, 0.15) is 52.4 Å². The lowest BCUT2D eigenvalue weighted by atomic mass is 9.61. The van der Waals surface area contributed by atoms with Crippen LogP contribution in [0.25, 0.3) is 0 Å². The highest BCUT2D eigenvalue weighted by molar-refractivity contribution is 5.01. The normalized spacial score (nSPS) is 51.6. The van der Waals surface area contributed by atoms with Crippen LogP contribution >= 0.6 is 0 Å². The highest BCUT2D eigenvalue weighted by Gasteiger charge is 2.51. The van der Waals surface area contributed by atoms with E-state index in [2.05, 4.69) is 13.8 Å². The van der Waals surface area contributed by atoms with E-state index in [0.29, 0.717) is 17.8 Å². The van der Waals surface area contributed by atoms with Gasteiger partial charge in [0.1, 0.15) is 0 Å². The topological polar surface area (TPSA) is 38.7 Å². The Morgan fingerprint density at radius 1 is 1.11 bits per heavy atom. The zero-order valence-corrected chi connectivity index (χ0v) is 12.4. The average Bonchev–Trinajstić information content (AvgIpc) is 2.84. The van der Waals surface area contributed by atoms with Crippen LogP contribution in [0.2, 0.25) is 0 Å². The van der Waals surface area contributed by atoms with Gasteiger partial charge in [-0.2, -0.15) is 0 Å². The summed E-state index contributed by atoms with van der Waals surface area (Å²) in [5.74, 6) is 1.43. The Balaban J connectivity index is 1.76. The van der Waals surface area contributed by atoms with Gasteiger partial charge in [-0.05, 0) is 37.0 Å². The fraction of sp³-hybridized carbons (Fsp3) is 1.00. The zero-order valence-electron chi connectivity index (χ0n) is 12.4. The minimum Gasteiger partial charge on any atom is -0.389 e. The Morgan fingerprint density at radius 3 is 2.68 bits per heavy atom. The summed E-state index contributed by atoms with van der Waals surface area (Å²) in [4.78, 5) is 0. The van der Waals surface area contributed by atoms with Gasteiger partial charge in [0, 0.05) is 19.6 Å². The van der Waals surface area contributed by atoms with E-state index in [9.17, 15) is 5.11 Å². The molecular weight excluding hydrogens is 240 g/mol. The van der Waals surface area contributed by atoms with Crippen molar-refractivity contribution in [2.24, 2.45) is 17.8 Å². The van der Waals surface area contributed by atoms with Crippen LogP contribution in [0.4, 0.5) is 0 Å². The van der Waals surface area contributed by atoms with E-state index in [-0.39, 0.29) is 5.60 Å². The lowest BCUT2D eigenvalue weighted by Crippen LogP contribution is -2.54. The summed E-state index contributed by atoms with van der Waals surface area (Å²) >= 11 is 0. The Labute approximate surface area is 116 Å². The minimum absolute atomic E-state index is 0.0843. The lowest BCUT2D eigenvalue weighted by molar-refractivity contribution is -0.173. The summed E-state index contributed by atoms with van der Waals surface area (Å²) < 4.78 is 11.6. The second-order valence-electron chi connectivity index (χ2n) is 7.17. The maximum Gasteiger partial charge on any atom is 0.0940 e. The molecule has 3 heteroatoms. The van der Waals surface area contributed by atoms with Crippen molar-refractivity contribution in [3.05, 3.63) is 0 Å². The molecular formula is C16H28O3. The molecule has 19 heavy (non-hydrogen) atoms. The van der Waals surface area contributed by atoms with Crippen molar-refractivity contribution in [1.82, 2.24) is 0 Å². The van der Waals surface area contributed by atoms with Crippen molar-refractivity contribution in [2.75, 3.05) is 19.8 Å². The number of aliphatic hydroxyl groups is 1. The molecule has 0 amide bonds. The maximum atomic E-state index is 11.3. The monoisotopic (exact) mass is 268 g/mol. The van der Waals surface area contributed by atoms with E-state index in [1.54, 1.807) is 0 Å². The molecule has 1 N–H and O–H groups in total. The highest BCUT2D eigenvalue weighted by Crippen LogP contribution is 2.48. The predicted molar refractivity (Wildman–Crippen MR) is 74.0 cm³/mol. The van der Waals surface area contributed by atoms with Gasteiger partial charge >= 0.3 is 0 Å². The quantitative estimate of drug-likeness (QED) is 0.795. The van der Waals surface area contributed by atoms with Gasteiger partial charge in [0.25, 0.3) is 0 Å². The van der Waals surface area contributed by atoms with E-state index in [1.807, 2.05) is 0 Å². The smallest absolute Gasteiger partial charge is 0.0940 e. The van der Waals surface area contributed by atoms with Gasteiger partial charge in [-0.3, -0.25) is 0 Å². The van der Waals surface area contributed by atoms with E-state index in [0.717, 1.165) is 45.5 Å². The van der Waals surface area contributed by atoms with Crippen LogP contribution in [-0.4, -0.2) is 36.1 Å². The van der Waals surface area contributed by atoms with E-state index >= 15 is 0 Å². The van der Waals surface area contributed by atoms with E-state index in [1.165, 1.54) is 12.8 Å². The van der Waals surface area contributed by atoms with Crippen molar-refractivity contribution < 1.29 is 14.6 Å². The molecule has 0 aromatic heterocycles. The maximum absolute atomic E-state index is 11.3. The molecule has 2 heterocycles. The van der Waals surface area contributed by atoms with E-state index < -0.39 is 5.60 Å². The molecule has 5 atom stereocenters. The summed E-state index contributed by atoms with van der Waals surface area (Å²) in [6.07, 6.45) is 6.41. The molecule has 3 nitrogen and oxygen atoms in total. The number of rotatable bonds is 1. The van der Waals surface area contributed by atoms with Crippen LogP contribution in [-0.2, 0) is 9.47 Å². The molecule has 3 fully saturated rings. The SMILES string of the molecule is CC1CCCC(O)(C2CCOC3(CCOC3)C2)C1C. The summed E-state index contributed by atoms with van der Waals surface area (Å²) in [5, 5.41) is 11.3. The highest BCUT2D eigenvalue weighted by atomic mass is 16.6. The van der Waals surface area contributed by atoms with Gasteiger partial charge in [-0.15, -0.1) is 0 Å². The molecule has 0 aromatic carbocycles. The summed E-state index contributed by atoms with van der Waals surface area (Å²) in [6, 6.07) is 0. The molecule has 2 saturated heterocycles. The number of hydrogen-bond donors (Lipinski definition) is 1. The van der Waals surface area contributed by atoms with Crippen LogP contribution in [0, 0.1) is 17.8 Å². The van der Waals surface area contributed by atoms with E-state index in [4.69, 9.17) is 9.47 Å². The number of hydrogen-bond acceptors (Lipinski definition) is 3. The standard InChI is InChI=1S/C16H28O3/c1-12-4-3-6-16(17,13(12)2)14-5-8-19-15(10-14)7-9-18-11-15/h12-14,17H,3-11H2,1-2H3. The van der Waals surface area contributed by atoms with Crippen molar-refractivity contribution in [3.8, 4) is 0 Å². The molecule has 0 bridgehead atoms. The minimum atomic E-state index is -0.475. The van der Waals surface area contributed by atoms with Crippen LogP contribution in [0.3, 0.4) is 0 Å². The second-order valence-corrected chi connectivity index (χ2v) is 7.17. The third-order valence-corrected chi connectivity index (χ3v) is 6.15. The van der Waals surface area contributed by atoms with Crippen molar-refractivity contribution in [2.45, 2.75) is 63.6 Å². The van der Waals surface area contributed by atoms with Crippen molar-refractivity contribution >= 4 is 0 Å². The van der Waals surface area contributed by atoms with Gasteiger partial charge in [0.05, 0.1) is 17.8 Å². The van der Waals surface area contributed by atoms with Crippen LogP contribution in [0.5, 0.6) is 0 Å². The first-order chi connectivity index (χ1) is 9.06. The van der Waals surface area contributed by atoms with Crippen molar-refractivity contribution in [1.29, 1.82) is 0 Å². The molecule has 5 unspecified atom stereocenters. The van der Waals surface area contributed by atoms with Gasteiger partial charge in [-0.25, -0.2) is 0 Å². The predicted octanol–water partition coefficient (Wildman–Crippen LogP) is 2.76. The first kappa shape index (κ1) is 13.8. The summed E-state index contributed by atoms with van der Waals surface area (Å²) in [7, 11) is 0. The second kappa shape index (κ2) is 5.01. The first-order valence-electron chi connectivity index (χ1n) is 8.00. The molecule has 0 radical (unpaired) electrons. The lowest BCUT2D eigenvalue weighted by Gasteiger charge is -2.51. The Kier molecular flexibility index (Phi) is 3.65. The number of ether oxygens (including phenoxy) is 2. The fourth-order valence-corrected chi connectivity index (χ4v) is 4.57. The molecule has 1 saturated carbocycles. The Morgan fingerprint density at radius 2 is 1.95 bits per heavy atom. The molecule has 1 aliphatic carbocycles. The fourth-order valence-electron chi connectivity index (χ4n) is 4.57. The Bertz CT molecular complexity index is 324. The van der Waals surface area contributed by atoms with Gasteiger partial charge in [0.15, 0.2) is 0 Å². The molecule has 0 aromatic rings. The largest absolute Gasteiger partial charge is 0.389 e. The van der Waals surface area contributed by atoms with Crippen molar-refractivity contribution in [3.63, 3.8) is 0 Å². The average molecular weight is 268 g/mol. The summed E-state index contributed by atoms with van der Waals surface area (Å²) in [5.41, 5.74) is -0.559. The van der Waals surface area contributed by atoms with Gasteiger partial charge in [-0.1, -0.05) is 26.7 Å². The van der Waals surface area contributed by atoms with Crippen LogP contribution in [0.15, 0.2) is 0 Å². The Hall–Kier alpha value is -0.120. The molecule has 110 valence electrons. The van der Waals surface area contributed by atoms with Gasteiger partial charge < -0.3 is 14.6 Å². The molecule has 1 spiro atoms. The van der Waals surface area contributed by atoms with Crippen LogP contribution < -0.4 is 0 Å². The third kappa shape index (κ3) is 2.34. The molecule has 3 aliphatic rings. The first-order valence-corrected chi connectivity index (χ1v) is 8.00. The van der Waals surface area contributed by atoms with Gasteiger partial charge in [0.2, 0.25) is 0 Å². The third-order valence-electron chi connectivity index (χ3n) is 6.15. The molecule has 3 rings (SSSR count).